The Morgan fingerprint density at radius 2 is 1.45 bits per heavy atom. The number of fused-ring (bicyclic) bond motifs is 1. The molecule has 6 heteroatoms. The van der Waals surface area contributed by atoms with Crippen LogP contribution < -0.4 is 9.64 Å². The molecule has 1 amide bonds. The van der Waals surface area contributed by atoms with Crippen LogP contribution in [-0.2, 0) is 4.79 Å². The molecule has 0 radical (unpaired) electrons. The van der Waals surface area contributed by atoms with E-state index in [1.807, 2.05) is 66.7 Å². The van der Waals surface area contributed by atoms with Gasteiger partial charge in [0.15, 0.2) is 12.4 Å². The summed E-state index contributed by atoms with van der Waals surface area (Å²) in [5.74, 6) is 0.144. The second-order valence-corrected chi connectivity index (χ2v) is 10.2. The van der Waals surface area contributed by atoms with Gasteiger partial charge in [0, 0.05) is 21.7 Å². The van der Waals surface area contributed by atoms with Crippen molar-refractivity contribution in [1.82, 2.24) is 4.98 Å². The maximum absolute atomic E-state index is 13.0. The third kappa shape index (κ3) is 5.24. The minimum atomic E-state index is -0.267. The number of benzene rings is 4. The molecule has 0 saturated carbocycles. The number of pyridine rings is 1. The number of aromatic nitrogens is 1. The lowest BCUT2D eigenvalue weighted by Gasteiger charge is -2.29. The van der Waals surface area contributed by atoms with Gasteiger partial charge in [0.2, 0.25) is 0 Å². The van der Waals surface area contributed by atoms with E-state index in [4.69, 9.17) is 21.3 Å². The zero-order valence-electron chi connectivity index (χ0n) is 21.8. The average Bonchev–Trinajstić information content (AvgIpc) is 2.99. The molecule has 0 unspecified atom stereocenters. The lowest BCUT2D eigenvalue weighted by Crippen LogP contribution is -2.42. The molecule has 4 aromatic carbocycles. The zero-order chi connectivity index (χ0) is 27.6. The summed E-state index contributed by atoms with van der Waals surface area (Å²) in [5, 5.41) is 0.668. The molecule has 6 rings (SSSR count). The van der Waals surface area contributed by atoms with Crippen LogP contribution in [0.3, 0.4) is 0 Å². The normalized spacial score (nSPS) is 12.6. The van der Waals surface area contributed by atoms with Crippen molar-refractivity contribution in [3.63, 3.8) is 0 Å². The zero-order valence-corrected chi connectivity index (χ0v) is 22.6. The summed E-state index contributed by atoms with van der Waals surface area (Å²) in [5.41, 5.74) is 7.62. The molecule has 40 heavy (non-hydrogen) atoms. The van der Waals surface area contributed by atoms with Crippen molar-refractivity contribution < 1.29 is 14.3 Å². The van der Waals surface area contributed by atoms with Crippen molar-refractivity contribution in [2.45, 2.75) is 6.92 Å². The van der Waals surface area contributed by atoms with E-state index in [1.165, 1.54) is 10.5 Å². The van der Waals surface area contributed by atoms with Gasteiger partial charge in [0.25, 0.3) is 5.91 Å². The van der Waals surface area contributed by atoms with Gasteiger partial charge < -0.3 is 4.74 Å². The molecule has 2 heterocycles. The number of carbonyl (C=O) groups is 2. The smallest absolute Gasteiger partial charge is 0.265 e. The fraction of sp³-hybridized carbons (Fsp3) is 0.0882. The summed E-state index contributed by atoms with van der Waals surface area (Å²) in [4.78, 5) is 32.5. The van der Waals surface area contributed by atoms with Crippen LogP contribution in [0.15, 0.2) is 109 Å². The van der Waals surface area contributed by atoms with Gasteiger partial charge in [-0.1, -0.05) is 83.9 Å². The molecular formula is C34H25ClN2O3. The van der Waals surface area contributed by atoms with E-state index >= 15 is 0 Å². The van der Waals surface area contributed by atoms with Gasteiger partial charge in [0.1, 0.15) is 5.75 Å². The fourth-order valence-corrected chi connectivity index (χ4v) is 4.88. The monoisotopic (exact) mass is 544 g/mol. The summed E-state index contributed by atoms with van der Waals surface area (Å²) in [7, 11) is 0. The number of amides is 1. The molecule has 5 aromatic rings. The van der Waals surface area contributed by atoms with E-state index < -0.39 is 0 Å². The number of hydrogen-bond donors (Lipinski definition) is 0. The Hall–Kier alpha value is -4.74. The van der Waals surface area contributed by atoms with E-state index in [2.05, 4.69) is 37.3 Å². The SMILES string of the molecule is Cc1ccc(-c2cc(-c3ccc(Cl)cc3)cc(-c3ccc4c(c3)N(CC(=O)c3ccccc3)C(=O)CO4)n2)cc1. The number of Topliss-reactive ketones (excluding diaryl/α,β-unsaturated/α-hetero) is 1. The molecule has 1 aliphatic heterocycles. The Labute approximate surface area is 237 Å². The van der Waals surface area contributed by atoms with E-state index in [9.17, 15) is 9.59 Å². The van der Waals surface area contributed by atoms with Gasteiger partial charge in [-0.15, -0.1) is 0 Å². The molecule has 196 valence electrons. The predicted molar refractivity (Wildman–Crippen MR) is 159 cm³/mol. The Kier molecular flexibility index (Phi) is 6.89. The number of anilines is 1. The highest BCUT2D eigenvalue weighted by molar-refractivity contribution is 6.30. The number of ether oxygens (including phenoxy) is 1. The molecule has 5 nitrogen and oxygen atoms in total. The number of carbonyl (C=O) groups excluding carboxylic acids is 2. The summed E-state index contributed by atoms with van der Waals surface area (Å²) in [6.07, 6.45) is 0. The number of aryl methyl sites for hydroxylation is 1. The van der Waals surface area contributed by atoms with Crippen LogP contribution in [0.1, 0.15) is 15.9 Å². The first-order valence-electron chi connectivity index (χ1n) is 13.0. The van der Waals surface area contributed by atoms with Crippen LogP contribution in [0.5, 0.6) is 5.75 Å². The fourth-order valence-electron chi connectivity index (χ4n) is 4.75. The van der Waals surface area contributed by atoms with Gasteiger partial charge in [-0.2, -0.15) is 0 Å². The van der Waals surface area contributed by atoms with Crippen molar-refractivity contribution in [2.75, 3.05) is 18.1 Å². The molecule has 0 bridgehead atoms. The third-order valence-corrected chi connectivity index (χ3v) is 7.20. The Morgan fingerprint density at radius 1 is 0.800 bits per heavy atom. The molecule has 0 atom stereocenters. The van der Waals surface area contributed by atoms with Crippen LogP contribution in [0, 0.1) is 6.92 Å². The number of rotatable bonds is 6. The maximum Gasteiger partial charge on any atom is 0.265 e. The highest BCUT2D eigenvalue weighted by Crippen LogP contribution is 2.38. The quantitative estimate of drug-likeness (QED) is 0.206. The summed E-state index contributed by atoms with van der Waals surface area (Å²) >= 11 is 6.16. The maximum atomic E-state index is 13.0. The highest BCUT2D eigenvalue weighted by atomic mass is 35.5. The molecule has 0 fully saturated rings. The average molecular weight is 545 g/mol. The molecule has 0 aliphatic carbocycles. The molecule has 1 aromatic heterocycles. The van der Waals surface area contributed by atoms with Gasteiger partial charge >= 0.3 is 0 Å². The van der Waals surface area contributed by atoms with Crippen molar-refractivity contribution in [3.05, 3.63) is 125 Å². The first-order valence-corrected chi connectivity index (χ1v) is 13.3. The van der Waals surface area contributed by atoms with Crippen molar-refractivity contribution in [2.24, 2.45) is 0 Å². The van der Waals surface area contributed by atoms with E-state index in [0.29, 0.717) is 22.0 Å². The number of ketones is 1. The second kappa shape index (κ2) is 10.8. The van der Waals surface area contributed by atoms with Crippen LogP contribution in [0.4, 0.5) is 5.69 Å². The number of halogens is 1. The number of nitrogens with zero attached hydrogens (tertiary/aromatic N) is 2. The molecule has 0 spiro atoms. The second-order valence-electron chi connectivity index (χ2n) is 9.74. The van der Waals surface area contributed by atoms with Crippen LogP contribution in [0.2, 0.25) is 5.02 Å². The third-order valence-electron chi connectivity index (χ3n) is 6.95. The van der Waals surface area contributed by atoms with Crippen molar-refractivity contribution in [3.8, 4) is 39.4 Å². The first-order chi connectivity index (χ1) is 19.4. The minimum Gasteiger partial charge on any atom is -0.482 e. The predicted octanol–water partition coefficient (Wildman–Crippen LogP) is 7.65. The van der Waals surface area contributed by atoms with Crippen molar-refractivity contribution >= 4 is 29.0 Å². The number of hydrogen-bond acceptors (Lipinski definition) is 4. The highest BCUT2D eigenvalue weighted by Gasteiger charge is 2.28. The molecule has 0 saturated heterocycles. The Balaban J connectivity index is 1.43. The topological polar surface area (TPSA) is 59.5 Å². The summed E-state index contributed by atoms with van der Waals surface area (Å²) < 4.78 is 5.72. The van der Waals surface area contributed by atoms with Crippen LogP contribution in [0.25, 0.3) is 33.6 Å². The van der Waals surface area contributed by atoms with Gasteiger partial charge in [-0.3, -0.25) is 14.5 Å². The van der Waals surface area contributed by atoms with Gasteiger partial charge in [0.05, 0.1) is 23.6 Å². The van der Waals surface area contributed by atoms with Gasteiger partial charge in [-0.05, 0) is 60.5 Å². The Morgan fingerprint density at radius 3 is 2.17 bits per heavy atom. The van der Waals surface area contributed by atoms with Crippen LogP contribution in [-0.4, -0.2) is 29.8 Å². The standard InChI is InChI=1S/C34H25ClN2O3/c1-22-7-9-24(10-8-22)29-17-27(23-11-14-28(35)15-12-23)18-30(36-29)26-13-16-33-31(19-26)37(34(39)21-40-33)20-32(38)25-5-3-2-4-6-25/h2-19H,20-21H2,1H3. The van der Waals surface area contributed by atoms with E-state index in [0.717, 1.165) is 33.6 Å². The van der Waals surface area contributed by atoms with E-state index in [1.54, 1.807) is 12.1 Å². The largest absolute Gasteiger partial charge is 0.482 e. The lowest BCUT2D eigenvalue weighted by molar-refractivity contribution is -0.121. The van der Waals surface area contributed by atoms with E-state index in [-0.39, 0.29) is 24.8 Å². The Bertz CT molecular complexity index is 1650. The van der Waals surface area contributed by atoms with Crippen LogP contribution >= 0.6 is 11.6 Å². The lowest BCUT2D eigenvalue weighted by atomic mass is 9.99. The minimum absolute atomic E-state index is 0.0739. The first kappa shape index (κ1) is 25.5. The summed E-state index contributed by atoms with van der Waals surface area (Å²) in [6.45, 7) is 1.86. The van der Waals surface area contributed by atoms with Crippen molar-refractivity contribution in [1.29, 1.82) is 0 Å². The summed E-state index contributed by atoms with van der Waals surface area (Å²) in [6, 6.07) is 34.6. The molecule has 0 N–H and O–H groups in total. The van der Waals surface area contributed by atoms with Gasteiger partial charge in [-0.25, -0.2) is 4.98 Å². The molecule has 1 aliphatic rings. The molecular weight excluding hydrogens is 520 g/mol.